The Morgan fingerprint density at radius 3 is 1.41 bits per heavy atom. The van der Waals surface area contributed by atoms with Crippen molar-refractivity contribution in [3.8, 4) is 67.5 Å². The molecule has 5 heteroatoms. The Balaban J connectivity index is 1.02. The number of hydrogen-bond donors (Lipinski definition) is 0. The summed E-state index contributed by atoms with van der Waals surface area (Å²) < 4.78 is 9.29. The van der Waals surface area contributed by atoms with Crippen LogP contribution in [0, 0.1) is 0 Å². The minimum Gasteiger partial charge on any atom is -0.455 e. The minimum atomic E-state index is 0.570. The largest absolute Gasteiger partial charge is 0.455 e. The summed E-state index contributed by atoms with van der Waals surface area (Å²) in [6.45, 7) is 0. The smallest absolute Gasteiger partial charge is 0.167 e. The van der Waals surface area contributed by atoms with Crippen LogP contribution in [-0.2, 0) is 0 Å². The van der Waals surface area contributed by atoms with E-state index >= 15 is 0 Å². The van der Waals surface area contributed by atoms with Gasteiger partial charge in [-0.1, -0.05) is 170 Å². The molecule has 0 amide bonds. The zero-order chi connectivity index (χ0) is 37.0. The fourth-order valence-electron chi connectivity index (χ4n) is 7.81. The van der Waals surface area contributed by atoms with E-state index in [9.17, 15) is 0 Å². The van der Waals surface area contributed by atoms with Gasteiger partial charge < -0.3 is 4.42 Å². The molecule has 0 aliphatic rings. The number of thiophene rings is 1. The van der Waals surface area contributed by atoms with E-state index in [1.165, 1.54) is 37.7 Å². The van der Waals surface area contributed by atoms with Crippen molar-refractivity contribution in [2.45, 2.75) is 0 Å². The monoisotopic (exact) mass is 733 g/mol. The van der Waals surface area contributed by atoms with Crippen LogP contribution in [-0.4, -0.2) is 15.0 Å². The Kier molecular flexibility index (Phi) is 7.64. The highest BCUT2D eigenvalue weighted by Crippen LogP contribution is 2.42. The van der Waals surface area contributed by atoms with Crippen molar-refractivity contribution in [2.24, 2.45) is 0 Å². The molecule has 0 aliphatic carbocycles. The maximum Gasteiger partial charge on any atom is 0.167 e. The van der Waals surface area contributed by atoms with Gasteiger partial charge in [-0.2, -0.15) is 0 Å². The Labute approximate surface area is 327 Å². The Bertz CT molecular complexity index is 3220. The summed E-state index contributed by atoms with van der Waals surface area (Å²) in [7, 11) is 0. The van der Waals surface area contributed by atoms with Gasteiger partial charge in [0.1, 0.15) is 11.2 Å². The molecule has 0 saturated carbocycles. The van der Waals surface area contributed by atoms with E-state index in [2.05, 4.69) is 152 Å². The van der Waals surface area contributed by atoms with Gasteiger partial charge in [-0.15, -0.1) is 11.3 Å². The fraction of sp³-hybridized carbons (Fsp3) is 0. The average molecular weight is 734 g/mol. The van der Waals surface area contributed by atoms with E-state index in [0.717, 1.165) is 54.5 Å². The molecule has 3 heterocycles. The summed E-state index contributed by atoms with van der Waals surface area (Å²) in [4.78, 5) is 15.4. The van der Waals surface area contributed by atoms with Crippen LogP contribution in [0.5, 0.6) is 0 Å². The molecule has 262 valence electrons. The maximum atomic E-state index is 6.90. The predicted molar refractivity (Wildman–Crippen MR) is 233 cm³/mol. The van der Waals surface area contributed by atoms with Gasteiger partial charge >= 0.3 is 0 Å². The van der Waals surface area contributed by atoms with E-state index < -0.39 is 0 Å². The molecule has 0 fully saturated rings. The molecule has 56 heavy (non-hydrogen) atoms. The summed E-state index contributed by atoms with van der Waals surface area (Å²) in [5.74, 6) is 1.82. The number of rotatable bonds is 6. The van der Waals surface area contributed by atoms with Crippen molar-refractivity contribution in [3.05, 3.63) is 188 Å². The second-order valence-corrected chi connectivity index (χ2v) is 15.0. The lowest BCUT2D eigenvalue weighted by Gasteiger charge is -2.09. The highest BCUT2D eigenvalue weighted by Gasteiger charge is 2.21. The predicted octanol–water partition coefficient (Wildman–Crippen LogP) is 14.1. The van der Waals surface area contributed by atoms with Gasteiger partial charge in [0.2, 0.25) is 0 Å². The van der Waals surface area contributed by atoms with Crippen LogP contribution in [0.25, 0.3) is 110 Å². The van der Waals surface area contributed by atoms with E-state index in [4.69, 9.17) is 19.4 Å². The second-order valence-electron chi connectivity index (χ2n) is 13.9. The molecule has 8 aromatic carbocycles. The Morgan fingerprint density at radius 2 is 0.750 bits per heavy atom. The average Bonchev–Trinajstić information content (AvgIpc) is 3.86. The van der Waals surface area contributed by atoms with Gasteiger partial charge in [0, 0.05) is 47.6 Å². The van der Waals surface area contributed by atoms with Gasteiger partial charge in [0.05, 0.1) is 5.56 Å². The number of para-hydroxylation sites is 2. The van der Waals surface area contributed by atoms with Crippen molar-refractivity contribution in [3.63, 3.8) is 0 Å². The number of furan rings is 1. The van der Waals surface area contributed by atoms with Gasteiger partial charge in [-0.3, -0.25) is 0 Å². The van der Waals surface area contributed by atoms with Crippen LogP contribution >= 0.6 is 11.3 Å². The van der Waals surface area contributed by atoms with Gasteiger partial charge in [0.15, 0.2) is 17.5 Å². The fourth-order valence-corrected chi connectivity index (χ4v) is 9.02. The molecule has 0 aliphatic heterocycles. The molecule has 0 radical (unpaired) electrons. The first-order valence-corrected chi connectivity index (χ1v) is 19.5. The first kappa shape index (κ1) is 32.2. The number of benzene rings is 8. The first-order chi connectivity index (χ1) is 27.7. The van der Waals surface area contributed by atoms with Crippen LogP contribution in [0.2, 0.25) is 0 Å². The molecule has 0 bridgehead atoms. The van der Waals surface area contributed by atoms with Gasteiger partial charge in [0.25, 0.3) is 0 Å². The maximum absolute atomic E-state index is 6.90. The van der Waals surface area contributed by atoms with E-state index in [-0.39, 0.29) is 0 Å². The first-order valence-electron chi connectivity index (χ1n) is 18.7. The lowest BCUT2D eigenvalue weighted by molar-refractivity contribution is 0.670. The van der Waals surface area contributed by atoms with Gasteiger partial charge in [-0.25, -0.2) is 15.0 Å². The molecule has 0 saturated heterocycles. The molecule has 4 nitrogen and oxygen atoms in total. The molecule has 11 aromatic rings. The van der Waals surface area contributed by atoms with Crippen LogP contribution in [0.4, 0.5) is 0 Å². The quantitative estimate of drug-likeness (QED) is 0.171. The SMILES string of the molecule is c1ccc(-c2ccc(-c3ccc(-c4cccc5c4oc4c(-c6nc(-c7ccccc7)nc(-c7cccc8c7sc7ccccc78)n6)cccc45)cc3)cc2)cc1. The molecule has 3 aromatic heterocycles. The third kappa shape index (κ3) is 5.48. The normalized spacial score (nSPS) is 11.6. The summed E-state index contributed by atoms with van der Waals surface area (Å²) in [6.07, 6.45) is 0. The zero-order valence-corrected chi connectivity index (χ0v) is 30.9. The summed E-state index contributed by atoms with van der Waals surface area (Å²) >= 11 is 1.77. The summed E-state index contributed by atoms with van der Waals surface area (Å²) in [6, 6.07) is 65.7. The van der Waals surface area contributed by atoms with Crippen LogP contribution in [0.3, 0.4) is 0 Å². The molecule has 11 rings (SSSR count). The lowest BCUT2D eigenvalue weighted by atomic mass is 9.97. The zero-order valence-electron chi connectivity index (χ0n) is 30.1. The topological polar surface area (TPSA) is 51.8 Å². The highest BCUT2D eigenvalue weighted by atomic mass is 32.1. The lowest BCUT2D eigenvalue weighted by Crippen LogP contribution is -2.00. The second kappa shape index (κ2) is 13.3. The summed E-state index contributed by atoms with van der Waals surface area (Å²) in [5, 5.41) is 4.51. The van der Waals surface area contributed by atoms with Crippen LogP contribution in [0.15, 0.2) is 192 Å². The van der Waals surface area contributed by atoms with Gasteiger partial charge in [-0.05, 0) is 46.0 Å². The third-order valence-corrected chi connectivity index (χ3v) is 11.8. The van der Waals surface area contributed by atoms with E-state index in [1.807, 2.05) is 36.4 Å². The molecular formula is C51H31N3OS. The van der Waals surface area contributed by atoms with Crippen molar-refractivity contribution >= 4 is 53.4 Å². The van der Waals surface area contributed by atoms with Crippen LogP contribution < -0.4 is 0 Å². The standard InChI is InChI=1S/C51H31N3OS/c1-3-12-32(13-4-1)33-24-26-34(27-25-33)35-28-30-36(31-29-35)38-17-9-18-40-41-19-10-21-43(47(41)55-46(38)40)50-52-49(37-14-5-2-6-15-37)53-51(54-50)44-22-11-20-42-39-16-7-8-23-45(39)56-48(42)44/h1-31H. The molecule has 0 N–H and O–H groups in total. The highest BCUT2D eigenvalue weighted by molar-refractivity contribution is 7.26. The molecular weight excluding hydrogens is 703 g/mol. The Morgan fingerprint density at radius 1 is 0.304 bits per heavy atom. The minimum absolute atomic E-state index is 0.570. The number of hydrogen-bond acceptors (Lipinski definition) is 5. The van der Waals surface area contributed by atoms with E-state index in [1.54, 1.807) is 11.3 Å². The van der Waals surface area contributed by atoms with Crippen molar-refractivity contribution < 1.29 is 4.42 Å². The summed E-state index contributed by atoms with van der Waals surface area (Å²) in [5.41, 5.74) is 11.2. The van der Waals surface area contributed by atoms with Crippen molar-refractivity contribution in [1.29, 1.82) is 0 Å². The molecule has 0 atom stereocenters. The molecule has 0 spiro atoms. The number of fused-ring (bicyclic) bond motifs is 6. The van der Waals surface area contributed by atoms with Crippen molar-refractivity contribution in [2.75, 3.05) is 0 Å². The number of aromatic nitrogens is 3. The Hall–Kier alpha value is -7.21. The van der Waals surface area contributed by atoms with Crippen molar-refractivity contribution in [1.82, 2.24) is 15.0 Å². The van der Waals surface area contributed by atoms with E-state index in [0.29, 0.717) is 17.5 Å². The third-order valence-electron chi connectivity index (χ3n) is 10.6. The number of nitrogens with zero attached hydrogens (tertiary/aromatic N) is 3. The van der Waals surface area contributed by atoms with Crippen LogP contribution in [0.1, 0.15) is 0 Å². The molecule has 0 unspecified atom stereocenters.